The minimum atomic E-state index is -0.853. The fraction of sp³-hybridized carbons (Fsp3) is 0.625. The molecule has 25 heavy (non-hydrogen) atoms. The Morgan fingerprint density at radius 2 is 2.16 bits per heavy atom. The van der Waals surface area contributed by atoms with E-state index in [0.29, 0.717) is 51.0 Å². The highest BCUT2D eigenvalue weighted by atomic mass is 16.5. The van der Waals surface area contributed by atoms with E-state index < -0.39 is 5.97 Å². The summed E-state index contributed by atoms with van der Waals surface area (Å²) in [6.45, 7) is 5.42. The largest absolute Gasteiger partial charge is 0.481 e. The van der Waals surface area contributed by atoms with Gasteiger partial charge in [-0.25, -0.2) is 9.78 Å². The van der Waals surface area contributed by atoms with Gasteiger partial charge in [0.15, 0.2) is 0 Å². The molecular formula is C16H25N5O4. The lowest BCUT2D eigenvalue weighted by atomic mass is 10.3. The zero-order valence-corrected chi connectivity index (χ0v) is 14.5. The molecule has 0 bridgehead atoms. The number of anilines is 1. The second-order valence-electron chi connectivity index (χ2n) is 5.68. The zero-order valence-electron chi connectivity index (χ0n) is 14.5. The zero-order chi connectivity index (χ0) is 18.1. The number of carboxylic acid groups (broad SMARTS) is 1. The number of carboxylic acids is 1. The van der Waals surface area contributed by atoms with Gasteiger partial charge in [0, 0.05) is 51.4 Å². The lowest BCUT2D eigenvalue weighted by molar-refractivity contribution is -0.137. The molecule has 2 heterocycles. The lowest BCUT2D eigenvalue weighted by Gasteiger charge is -2.22. The maximum Gasteiger partial charge on any atom is 0.317 e. The number of aliphatic carboxylic acids is 1. The number of ether oxygens (including phenoxy) is 1. The summed E-state index contributed by atoms with van der Waals surface area (Å²) in [5.41, 5.74) is 0. The van der Waals surface area contributed by atoms with Crippen LogP contribution in [0.4, 0.5) is 10.7 Å². The van der Waals surface area contributed by atoms with Crippen LogP contribution in [0.3, 0.4) is 0 Å². The number of aromatic nitrogens is 2. The van der Waals surface area contributed by atoms with Crippen molar-refractivity contribution in [3.05, 3.63) is 12.3 Å². The molecule has 0 aliphatic carbocycles. The van der Waals surface area contributed by atoms with Crippen molar-refractivity contribution >= 4 is 17.9 Å². The Bertz CT molecular complexity index is 583. The minimum absolute atomic E-state index is 0.0571. The van der Waals surface area contributed by atoms with Crippen LogP contribution < -0.4 is 15.0 Å². The topological polar surface area (TPSA) is 108 Å². The first-order chi connectivity index (χ1) is 12.1. The molecule has 138 valence electrons. The van der Waals surface area contributed by atoms with Crippen molar-refractivity contribution in [2.45, 2.75) is 26.2 Å². The number of nitrogens with one attached hydrogen (secondary N) is 1. The van der Waals surface area contributed by atoms with Gasteiger partial charge in [0.1, 0.15) is 0 Å². The highest BCUT2D eigenvalue weighted by molar-refractivity contribution is 5.74. The van der Waals surface area contributed by atoms with Gasteiger partial charge in [-0.05, 0) is 19.8 Å². The summed E-state index contributed by atoms with van der Waals surface area (Å²) in [6, 6.07) is 1.57. The van der Waals surface area contributed by atoms with Crippen LogP contribution in [0.2, 0.25) is 0 Å². The standard InChI is InChI=1S/C16H25N5O4/c1-2-25-13-6-8-17-15(19-13)20-9-4-10-21(12-11-20)16(24)18-7-3-5-14(22)23/h6,8H,2-5,7,9-12H2,1H3,(H,18,24)(H,22,23). The molecule has 1 aliphatic heterocycles. The van der Waals surface area contributed by atoms with Crippen LogP contribution in [0.25, 0.3) is 0 Å². The SMILES string of the molecule is CCOc1ccnc(N2CCCN(C(=O)NCCCC(=O)O)CC2)n1. The van der Waals surface area contributed by atoms with E-state index in [1.54, 1.807) is 17.2 Å². The molecule has 1 aromatic rings. The molecule has 1 saturated heterocycles. The van der Waals surface area contributed by atoms with E-state index in [4.69, 9.17) is 9.84 Å². The van der Waals surface area contributed by atoms with E-state index in [1.807, 2.05) is 11.8 Å². The third kappa shape index (κ3) is 6.09. The maximum atomic E-state index is 12.2. The van der Waals surface area contributed by atoms with Gasteiger partial charge >= 0.3 is 12.0 Å². The molecule has 0 unspecified atom stereocenters. The van der Waals surface area contributed by atoms with E-state index in [9.17, 15) is 9.59 Å². The van der Waals surface area contributed by atoms with Gasteiger partial charge in [-0.15, -0.1) is 0 Å². The van der Waals surface area contributed by atoms with Crippen molar-refractivity contribution in [3.8, 4) is 5.88 Å². The Kier molecular flexibility index (Phi) is 7.24. The second-order valence-corrected chi connectivity index (χ2v) is 5.68. The number of nitrogens with zero attached hydrogens (tertiary/aromatic N) is 4. The molecule has 0 saturated carbocycles. The Morgan fingerprint density at radius 1 is 1.32 bits per heavy atom. The summed E-state index contributed by atoms with van der Waals surface area (Å²) in [6.07, 6.45) is 2.97. The highest BCUT2D eigenvalue weighted by Crippen LogP contribution is 2.15. The summed E-state index contributed by atoms with van der Waals surface area (Å²) >= 11 is 0. The van der Waals surface area contributed by atoms with Crippen molar-refractivity contribution in [2.75, 3.05) is 44.2 Å². The predicted octanol–water partition coefficient (Wildman–Crippen LogP) is 0.962. The first-order valence-electron chi connectivity index (χ1n) is 8.55. The van der Waals surface area contributed by atoms with Crippen LogP contribution >= 0.6 is 0 Å². The molecule has 0 aromatic carbocycles. The number of hydrogen-bond acceptors (Lipinski definition) is 6. The predicted molar refractivity (Wildman–Crippen MR) is 91.9 cm³/mol. The summed E-state index contributed by atoms with van der Waals surface area (Å²) in [5, 5.41) is 11.4. The van der Waals surface area contributed by atoms with Crippen LogP contribution in [0, 0.1) is 0 Å². The molecule has 0 radical (unpaired) electrons. The van der Waals surface area contributed by atoms with Gasteiger partial charge in [0.05, 0.1) is 6.61 Å². The fourth-order valence-corrected chi connectivity index (χ4v) is 2.58. The number of amides is 2. The molecule has 2 rings (SSSR count). The number of carbonyl (C=O) groups excluding carboxylic acids is 1. The molecule has 9 nitrogen and oxygen atoms in total. The monoisotopic (exact) mass is 351 g/mol. The quantitative estimate of drug-likeness (QED) is 0.705. The van der Waals surface area contributed by atoms with E-state index in [2.05, 4.69) is 15.3 Å². The van der Waals surface area contributed by atoms with Gasteiger partial charge in [-0.3, -0.25) is 4.79 Å². The van der Waals surface area contributed by atoms with Gasteiger partial charge in [-0.2, -0.15) is 4.98 Å². The Labute approximate surface area is 147 Å². The molecule has 2 amide bonds. The van der Waals surface area contributed by atoms with Gasteiger partial charge in [0.25, 0.3) is 0 Å². The lowest BCUT2D eigenvalue weighted by Crippen LogP contribution is -2.42. The summed E-state index contributed by atoms with van der Waals surface area (Å²) < 4.78 is 5.41. The van der Waals surface area contributed by atoms with Crippen LogP contribution in [-0.4, -0.2) is 71.3 Å². The van der Waals surface area contributed by atoms with Crippen LogP contribution in [0.1, 0.15) is 26.2 Å². The molecule has 0 spiro atoms. The highest BCUT2D eigenvalue weighted by Gasteiger charge is 2.20. The normalized spacial score (nSPS) is 14.8. The van der Waals surface area contributed by atoms with Crippen molar-refractivity contribution in [3.63, 3.8) is 0 Å². The second kappa shape index (κ2) is 9.65. The number of rotatable bonds is 7. The number of urea groups is 1. The van der Waals surface area contributed by atoms with Crippen LogP contribution in [-0.2, 0) is 4.79 Å². The molecule has 9 heteroatoms. The smallest absolute Gasteiger partial charge is 0.317 e. The third-order valence-electron chi connectivity index (χ3n) is 3.82. The first kappa shape index (κ1) is 18.8. The summed E-state index contributed by atoms with van der Waals surface area (Å²) in [5.74, 6) is 0.299. The summed E-state index contributed by atoms with van der Waals surface area (Å²) in [7, 11) is 0. The third-order valence-corrected chi connectivity index (χ3v) is 3.82. The van der Waals surface area contributed by atoms with Crippen molar-refractivity contribution in [1.29, 1.82) is 0 Å². The first-order valence-corrected chi connectivity index (χ1v) is 8.55. The summed E-state index contributed by atoms with van der Waals surface area (Å²) in [4.78, 5) is 35.1. The van der Waals surface area contributed by atoms with Crippen molar-refractivity contribution in [2.24, 2.45) is 0 Å². The molecule has 1 aromatic heterocycles. The molecule has 2 N–H and O–H groups in total. The average Bonchev–Trinajstić information content (AvgIpc) is 2.85. The van der Waals surface area contributed by atoms with Gasteiger partial charge in [0.2, 0.25) is 11.8 Å². The molecular weight excluding hydrogens is 326 g/mol. The van der Waals surface area contributed by atoms with Gasteiger partial charge in [-0.1, -0.05) is 0 Å². The average molecular weight is 351 g/mol. The van der Waals surface area contributed by atoms with Crippen LogP contribution in [0.5, 0.6) is 5.88 Å². The minimum Gasteiger partial charge on any atom is -0.481 e. The van der Waals surface area contributed by atoms with E-state index >= 15 is 0 Å². The van der Waals surface area contributed by atoms with E-state index in [-0.39, 0.29) is 12.5 Å². The molecule has 1 fully saturated rings. The Hall–Kier alpha value is -2.58. The van der Waals surface area contributed by atoms with E-state index in [1.165, 1.54) is 0 Å². The number of hydrogen-bond donors (Lipinski definition) is 2. The molecule has 1 aliphatic rings. The fourth-order valence-electron chi connectivity index (χ4n) is 2.58. The van der Waals surface area contributed by atoms with E-state index in [0.717, 1.165) is 13.0 Å². The Morgan fingerprint density at radius 3 is 2.92 bits per heavy atom. The Balaban J connectivity index is 1.84. The van der Waals surface area contributed by atoms with Crippen molar-refractivity contribution < 1.29 is 19.4 Å². The maximum absolute atomic E-state index is 12.2. The van der Waals surface area contributed by atoms with Crippen molar-refractivity contribution in [1.82, 2.24) is 20.2 Å². The number of carbonyl (C=O) groups is 2. The molecule has 0 atom stereocenters. The van der Waals surface area contributed by atoms with Crippen LogP contribution in [0.15, 0.2) is 12.3 Å². The van der Waals surface area contributed by atoms with Gasteiger partial charge < -0.3 is 25.0 Å².